The molecule has 2 aliphatic rings. The van der Waals surface area contributed by atoms with E-state index in [-0.39, 0.29) is 16.7 Å². The topological polar surface area (TPSA) is 88.8 Å². The van der Waals surface area contributed by atoms with E-state index in [1.54, 1.807) is 24.4 Å². The molecule has 2 aromatic carbocycles. The Morgan fingerprint density at radius 1 is 1.17 bits per heavy atom. The molecule has 0 saturated carbocycles. The average molecular weight is 529 g/mol. The van der Waals surface area contributed by atoms with Gasteiger partial charge < -0.3 is 15.4 Å². The smallest absolute Gasteiger partial charge is 0.263 e. The van der Waals surface area contributed by atoms with Gasteiger partial charge in [-0.3, -0.25) is 14.5 Å². The normalized spacial score (nSPS) is 18.8. The van der Waals surface area contributed by atoms with Crippen LogP contribution in [0.4, 0.5) is 15.9 Å². The van der Waals surface area contributed by atoms with Gasteiger partial charge in [-0.2, -0.15) is 0 Å². The van der Waals surface area contributed by atoms with Crippen LogP contribution in [0.1, 0.15) is 27.1 Å². The van der Waals surface area contributed by atoms with Crippen LogP contribution in [0, 0.1) is 11.7 Å². The van der Waals surface area contributed by atoms with Crippen LogP contribution in [0.5, 0.6) is 0 Å². The second-order valence-electron chi connectivity index (χ2n) is 9.05. The van der Waals surface area contributed by atoms with Gasteiger partial charge in [-0.05, 0) is 42.8 Å². The molecule has 2 amide bonds. The van der Waals surface area contributed by atoms with Crippen molar-refractivity contribution < 1.29 is 18.7 Å². The first-order valence-corrected chi connectivity index (χ1v) is 12.2. The Hall–Kier alpha value is -3.20. The van der Waals surface area contributed by atoms with Crippen molar-refractivity contribution in [2.45, 2.75) is 12.5 Å². The fraction of sp³-hybridized carbons (Fsp3) is 0.269. The van der Waals surface area contributed by atoms with Crippen LogP contribution in [0.25, 0.3) is 11.1 Å². The summed E-state index contributed by atoms with van der Waals surface area (Å²) in [6.45, 7) is 2.01. The van der Waals surface area contributed by atoms with Crippen molar-refractivity contribution in [2.24, 2.45) is 11.7 Å². The number of nitrogens with two attached hydrogens (primary N) is 1. The summed E-state index contributed by atoms with van der Waals surface area (Å²) in [5, 5.41) is 0.439. The SMILES string of the molecule is CN(C(=O)c1c(F)cccc1Cl)c1ncc(-c2cc(C(N)=O)ccc2Cl)cc1N1CC2COC(C2)C1. The molecule has 2 aliphatic heterocycles. The van der Waals surface area contributed by atoms with Gasteiger partial charge in [0.25, 0.3) is 5.91 Å². The standard InChI is InChI=1S/C26H23Cl2FN4O3/c1-32(26(35)23-20(28)3-2-4-21(23)29)25-22(33-11-14-7-17(12-33)36-13-14)9-16(10-31-25)18-8-15(24(30)34)5-6-19(18)27/h2-6,8-10,14,17H,7,11-13H2,1H3,(H2,30,34). The first kappa shape index (κ1) is 24.5. The Morgan fingerprint density at radius 2 is 1.97 bits per heavy atom. The summed E-state index contributed by atoms with van der Waals surface area (Å²) in [5.41, 5.74) is 7.44. The number of carbonyl (C=O) groups excluding carboxylic acids is 2. The molecular weight excluding hydrogens is 506 g/mol. The number of pyridine rings is 1. The average Bonchev–Trinajstić information content (AvgIpc) is 3.20. The molecule has 36 heavy (non-hydrogen) atoms. The lowest BCUT2D eigenvalue weighted by molar-refractivity contribution is 0.0984. The van der Waals surface area contributed by atoms with Crippen molar-refractivity contribution in [3.63, 3.8) is 0 Å². The van der Waals surface area contributed by atoms with Crippen LogP contribution in [-0.2, 0) is 4.74 Å². The third kappa shape index (κ3) is 4.52. The van der Waals surface area contributed by atoms with Crippen molar-refractivity contribution in [1.82, 2.24) is 4.98 Å². The van der Waals surface area contributed by atoms with Crippen LogP contribution in [0.3, 0.4) is 0 Å². The molecular formula is C26H23Cl2FN4O3. The number of hydrogen-bond acceptors (Lipinski definition) is 5. The highest BCUT2D eigenvalue weighted by atomic mass is 35.5. The lowest BCUT2D eigenvalue weighted by Gasteiger charge is -2.34. The number of piperidine rings is 1. The van der Waals surface area contributed by atoms with E-state index in [1.165, 1.54) is 30.1 Å². The van der Waals surface area contributed by atoms with Crippen LogP contribution in [0.2, 0.25) is 10.0 Å². The summed E-state index contributed by atoms with van der Waals surface area (Å²) >= 11 is 12.6. The van der Waals surface area contributed by atoms with E-state index in [1.807, 2.05) is 6.07 Å². The van der Waals surface area contributed by atoms with Crippen molar-refractivity contribution in [2.75, 3.05) is 36.5 Å². The molecule has 186 valence electrons. The number of halogens is 3. The highest BCUT2D eigenvalue weighted by molar-refractivity contribution is 6.34. The van der Waals surface area contributed by atoms with E-state index in [0.717, 1.165) is 6.42 Å². The predicted octanol–water partition coefficient (Wildman–Crippen LogP) is 4.80. The van der Waals surface area contributed by atoms with Crippen molar-refractivity contribution in [3.8, 4) is 11.1 Å². The number of rotatable bonds is 5. The maximum Gasteiger partial charge on any atom is 0.263 e. The molecule has 2 unspecified atom stereocenters. The monoisotopic (exact) mass is 528 g/mol. The minimum Gasteiger partial charge on any atom is -0.376 e. The zero-order valence-corrected chi connectivity index (χ0v) is 20.9. The lowest BCUT2D eigenvalue weighted by atomic mass is 9.98. The van der Waals surface area contributed by atoms with Gasteiger partial charge >= 0.3 is 0 Å². The number of hydrogen-bond donors (Lipinski definition) is 1. The number of fused-ring (bicyclic) bond motifs is 2. The molecule has 2 bridgehead atoms. The first-order chi connectivity index (χ1) is 17.2. The second-order valence-corrected chi connectivity index (χ2v) is 9.86. The summed E-state index contributed by atoms with van der Waals surface area (Å²) in [7, 11) is 1.53. The Morgan fingerprint density at radius 3 is 2.69 bits per heavy atom. The summed E-state index contributed by atoms with van der Waals surface area (Å²) in [5.74, 6) is -1.22. The van der Waals surface area contributed by atoms with E-state index in [0.29, 0.717) is 58.8 Å². The van der Waals surface area contributed by atoms with E-state index < -0.39 is 17.6 Å². The van der Waals surface area contributed by atoms with Crippen LogP contribution in [-0.4, -0.2) is 49.6 Å². The Kier molecular flexibility index (Phi) is 6.59. The van der Waals surface area contributed by atoms with Gasteiger partial charge in [-0.25, -0.2) is 9.37 Å². The molecule has 5 rings (SSSR count). The quantitative estimate of drug-likeness (QED) is 0.514. The van der Waals surface area contributed by atoms with Crippen LogP contribution < -0.4 is 15.5 Å². The zero-order valence-electron chi connectivity index (χ0n) is 19.4. The molecule has 2 saturated heterocycles. The third-order valence-electron chi connectivity index (χ3n) is 6.62. The summed E-state index contributed by atoms with van der Waals surface area (Å²) in [6.07, 6.45) is 2.61. The number of nitrogens with zero attached hydrogens (tertiary/aromatic N) is 3. The maximum atomic E-state index is 14.5. The number of aromatic nitrogens is 1. The summed E-state index contributed by atoms with van der Waals surface area (Å²) in [4.78, 5) is 33.1. The molecule has 7 nitrogen and oxygen atoms in total. The fourth-order valence-corrected chi connectivity index (χ4v) is 5.28. The van der Waals surface area contributed by atoms with Crippen molar-refractivity contribution in [3.05, 3.63) is 75.7 Å². The Balaban J connectivity index is 1.61. The van der Waals surface area contributed by atoms with E-state index in [2.05, 4.69) is 9.88 Å². The van der Waals surface area contributed by atoms with Crippen molar-refractivity contribution in [1.29, 1.82) is 0 Å². The number of primary amides is 1. The van der Waals surface area contributed by atoms with Crippen LogP contribution >= 0.6 is 23.2 Å². The van der Waals surface area contributed by atoms with Gasteiger partial charge in [0.2, 0.25) is 5.91 Å². The number of anilines is 2. The molecule has 2 fully saturated rings. The Bertz CT molecular complexity index is 1340. The number of benzene rings is 2. The number of amides is 2. The van der Waals surface area contributed by atoms with Gasteiger partial charge in [0, 0.05) is 54.0 Å². The molecule has 2 N–H and O–H groups in total. The summed E-state index contributed by atoms with van der Waals surface area (Å²) < 4.78 is 20.4. The van der Waals surface area contributed by atoms with Gasteiger partial charge in [0.1, 0.15) is 5.82 Å². The molecule has 2 atom stereocenters. The minimum absolute atomic E-state index is 0.0180. The van der Waals surface area contributed by atoms with E-state index in [4.69, 9.17) is 33.7 Å². The van der Waals surface area contributed by atoms with Gasteiger partial charge in [-0.1, -0.05) is 29.3 Å². The lowest BCUT2D eigenvalue weighted by Crippen LogP contribution is -2.40. The number of ether oxygens (including phenoxy) is 1. The Labute approximate surface area is 217 Å². The minimum atomic E-state index is -0.711. The van der Waals surface area contributed by atoms with E-state index in [9.17, 15) is 14.0 Å². The maximum absolute atomic E-state index is 14.5. The van der Waals surface area contributed by atoms with Crippen molar-refractivity contribution >= 4 is 46.5 Å². The summed E-state index contributed by atoms with van der Waals surface area (Å²) in [6, 6.07) is 10.7. The molecule has 3 heterocycles. The fourth-order valence-electron chi connectivity index (χ4n) is 4.81. The second kappa shape index (κ2) is 9.69. The molecule has 10 heteroatoms. The molecule has 1 aromatic heterocycles. The van der Waals surface area contributed by atoms with Gasteiger partial charge in [-0.15, -0.1) is 0 Å². The zero-order chi connectivity index (χ0) is 25.6. The largest absolute Gasteiger partial charge is 0.376 e. The van der Waals surface area contributed by atoms with Gasteiger partial charge in [0.15, 0.2) is 5.82 Å². The third-order valence-corrected chi connectivity index (χ3v) is 7.26. The number of carbonyl (C=O) groups is 2. The predicted molar refractivity (Wildman–Crippen MR) is 137 cm³/mol. The highest BCUT2D eigenvalue weighted by Gasteiger charge is 2.36. The molecule has 3 aromatic rings. The molecule has 0 spiro atoms. The van der Waals surface area contributed by atoms with Gasteiger partial charge in [0.05, 0.1) is 29.0 Å². The van der Waals surface area contributed by atoms with Crippen LogP contribution in [0.15, 0.2) is 48.7 Å². The van der Waals surface area contributed by atoms with E-state index >= 15 is 0 Å². The first-order valence-electron chi connectivity index (χ1n) is 11.4. The molecule has 0 radical (unpaired) electrons. The highest BCUT2D eigenvalue weighted by Crippen LogP contribution is 2.39. The molecule has 0 aliphatic carbocycles.